The number of thiophene rings is 1. The molecule has 38 heavy (non-hydrogen) atoms. The van der Waals surface area contributed by atoms with Gasteiger partial charge in [0.15, 0.2) is 0 Å². The summed E-state index contributed by atoms with van der Waals surface area (Å²) in [5.41, 5.74) is 1.67. The Kier molecular flexibility index (Phi) is 6.04. The van der Waals surface area contributed by atoms with E-state index in [1.165, 1.54) is 16.2 Å². The van der Waals surface area contributed by atoms with Crippen LogP contribution in [0.5, 0.6) is 11.5 Å². The maximum absolute atomic E-state index is 13.3. The van der Waals surface area contributed by atoms with Crippen LogP contribution in [-0.4, -0.2) is 52.2 Å². The van der Waals surface area contributed by atoms with E-state index in [1.54, 1.807) is 41.4 Å². The van der Waals surface area contributed by atoms with E-state index in [0.717, 1.165) is 0 Å². The molecule has 0 aliphatic carbocycles. The topological polar surface area (TPSA) is 124 Å². The number of ether oxygens (including phenoxy) is 1. The molecule has 6 rings (SSSR count). The highest BCUT2D eigenvalue weighted by Gasteiger charge is 2.33. The van der Waals surface area contributed by atoms with E-state index in [2.05, 4.69) is 15.6 Å². The van der Waals surface area contributed by atoms with E-state index in [0.29, 0.717) is 63.0 Å². The van der Waals surface area contributed by atoms with Gasteiger partial charge in [0.25, 0.3) is 5.91 Å². The second-order valence-corrected chi connectivity index (χ2v) is 10.0. The Morgan fingerprint density at radius 2 is 1.84 bits per heavy atom. The standard InChI is InChI=1S/C27H23N5O5S/c33-24(29-16-5-4-14-31(15-16)27(35)36)23-22-21-20(12-13-28-25(21)38-23)32(26(34)30-22)17-8-10-19(11-9-17)37-18-6-2-1-3-7-18/h1-3,6-13,16H,4-5,14-15H2,(H,29,33)(H,30,34)(H,35,36). The average molecular weight is 530 g/mol. The Labute approximate surface area is 221 Å². The van der Waals surface area contributed by atoms with Crippen LogP contribution in [0.2, 0.25) is 0 Å². The maximum atomic E-state index is 13.3. The van der Waals surface area contributed by atoms with Gasteiger partial charge >= 0.3 is 12.1 Å². The molecule has 4 aromatic rings. The molecule has 0 bridgehead atoms. The van der Waals surface area contributed by atoms with Crippen LogP contribution in [0.15, 0.2) is 66.9 Å². The van der Waals surface area contributed by atoms with E-state index in [-0.39, 0.29) is 18.5 Å². The summed E-state index contributed by atoms with van der Waals surface area (Å²) in [5, 5.41) is 15.8. The Balaban J connectivity index is 1.28. The molecule has 0 spiro atoms. The van der Waals surface area contributed by atoms with Crippen molar-refractivity contribution in [2.75, 3.05) is 23.3 Å². The van der Waals surface area contributed by atoms with Crippen LogP contribution in [0.4, 0.5) is 26.7 Å². The van der Waals surface area contributed by atoms with Crippen molar-refractivity contribution in [3.63, 3.8) is 0 Å². The summed E-state index contributed by atoms with van der Waals surface area (Å²) in [6.07, 6.45) is 1.97. The van der Waals surface area contributed by atoms with Crippen molar-refractivity contribution in [1.82, 2.24) is 15.2 Å². The molecule has 0 saturated carbocycles. The zero-order valence-corrected chi connectivity index (χ0v) is 20.9. The third-order valence-corrected chi connectivity index (χ3v) is 7.65. The number of para-hydroxylation sites is 1. The predicted molar refractivity (Wildman–Crippen MR) is 144 cm³/mol. The molecule has 1 unspecified atom stereocenters. The smallest absolute Gasteiger partial charge is 0.407 e. The number of aromatic nitrogens is 1. The first-order chi connectivity index (χ1) is 18.5. The number of rotatable bonds is 5. The van der Waals surface area contributed by atoms with Crippen LogP contribution in [-0.2, 0) is 0 Å². The second kappa shape index (κ2) is 9.67. The number of nitrogens with one attached hydrogen (secondary N) is 2. The van der Waals surface area contributed by atoms with Crippen LogP contribution in [0.3, 0.4) is 0 Å². The van der Waals surface area contributed by atoms with Crippen molar-refractivity contribution in [3.05, 3.63) is 71.7 Å². The third kappa shape index (κ3) is 4.37. The number of anilines is 3. The molecule has 1 saturated heterocycles. The molecule has 10 nitrogen and oxygen atoms in total. The maximum Gasteiger partial charge on any atom is 0.407 e. The second-order valence-electron chi connectivity index (χ2n) is 9.03. The fourth-order valence-corrected chi connectivity index (χ4v) is 5.83. The quantitative estimate of drug-likeness (QED) is 0.307. The molecule has 2 aromatic carbocycles. The Bertz CT molecular complexity index is 1540. The zero-order chi connectivity index (χ0) is 26.2. The van der Waals surface area contributed by atoms with Crippen molar-refractivity contribution in [1.29, 1.82) is 0 Å². The van der Waals surface area contributed by atoms with Crippen molar-refractivity contribution in [2.24, 2.45) is 0 Å². The minimum atomic E-state index is -0.998. The highest BCUT2D eigenvalue weighted by atomic mass is 32.1. The number of pyridine rings is 1. The van der Waals surface area contributed by atoms with Crippen LogP contribution in [0.1, 0.15) is 22.5 Å². The Morgan fingerprint density at radius 3 is 2.61 bits per heavy atom. The molecule has 4 amide bonds. The molecule has 4 heterocycles. The van der Waals surface area contributed by atoms with E-state index in [9.17, 15) is 19.5 Å². The number of amides is 4. The minimum Gasteiger partial charge on any atom is -0.465 e. The number of likely N-dealkylation sites (tertiary alicyclic amines) is 1. The molecule has 2 aromatic heterocycles. The van der Waals surface area contributed by atoms with Gasteiger partial charge < -0.3 is 25.4 Å². The fourth-order valence-electron chi connectivity index (χ4n) is 4.81. The molecule has 192 valence electrons. The molecule has 2 aliphatic rings. The van der Waals surface area contributed by atoms with Gasteiger partial charge in [0.1, 0.15) is 21.2 Å². The summed E-state index contributed by atoms with van der Waals surface area (Å²) < 4.78 is 5.87. The summed E-state index contributed by atoms with van der Waals surface area (Å²) in [5.74, 6) is 0.989. The number of piperidine rings is 1. The first kappa shape index (κ1) is 23.7. The van der Waals surface area contributed by atoms with Crippen molar-refractivity contribution in [2.45, 2.75) is 18.9 Å². The molecular formula is C27H23N5O5S. The fraction of sp³-hybridized carbons (Fsp3) is 0.185. The molecular weight excluding hydrogens is 506 g/mol. The SMILES string of the molecule is O=C(NC1CCCN(C(=O)O)C1)c1sc2nccc3c2c1NC(=O)N3c1ccc(Oc2ccccc2)cc1. The number of urea groups is 1. The van der Waals surface area contributed by atoms with E-state index in [4.69, 9.17) is 4.74 Å². The molecule has 2 aliphatic heterocycles. The molecule has 0 radical (unpaired) electrons. The Morgan fingerprint density at radius 1 is 1.08 bits per heavy atom. The van der Waals surface area contributed by atoms with E-state index in [1.807, 2.05) is 30.3 Å². The van der Waals surface area contributed by atoms with Gasteiger partial charge in [-0.15, -0.1) is 11.3 Å². The normalized spacial score (nSPS) is 16.7. The number of hydrogen-bond donors (Lipinski definition) is 3. The van der Waals surface area contributed by atoms with Gasteiger partial charge in [0.05, 0.1) is 22.4 Å². The molecule has 11 heteroatoms. The van der Waals surface area contributed by atoms with E-state index < -0.39 is 12.1 Å². The van der Waals surface area contributed by atoms with Gasteiger partial charge in [-0.2, -0.15) is 0 Å². The van der Waals surface area contributed by atoms with Crippen LogP contribution in [0, 0.1) is 0 Å². The number of carboxylic acid groups (broad SMARTS) is 1. The molecule has 1 fully saturated rings. The van der Waals surface area contributed by atoms with Crippen molar-refractivity contribution >= 4 is 56.6 Å². The average Bonchev–Trinajstić information content (AvgIpc) is 3.30. The lowest BCUT2D eigenvalue weighted by Gasteiger charge is -2.31. The largest absolute Gasteiger partial charge is 0.465 e. The highest BCUT2D eigenvalue weighted by Crippen LogP contribution is 2.45. The van der Waals surface area contributed by atoms with Gasteiger partial charge in [0, 0.05) is 25.3 Å². The van der Waals surface area contributed by atoms with Crippen molar-refractivity contribution < 1.29 is 24.2 Å². The number of nitrogens with zero attached hydrogens (tertiary/aromatic N) is 3. The summed E-state index contributed by atoms with van der Waals surface area (Å²) >= 11 is 1.19. The Hall–Kier alpha value is -4.64. The van der Waals surface area contributed by atoms with Gasteiger partial charge in [0.2, 0.25) is 0 Å². The summed E-state index contributed by atoms with van der Waals surface area (Å²) in [7, 11) is 0. The number of hydrogen-bond acceptors (Lipinski definition) is 6. The first-order valence-electron chi connectivity index (χ1n) is 12.1. The van der Waals surface area contributed by atoms with Crippen LogP contribution in [0.25, 0.3) is 10.2 Å². The van der Waals surface area contributed by atoms with Gasteiger partial charge in [-0.25, -0.2) is 14.6 Å². The summed E-state index contributed by atoms with van der Waals surface area (Å²) in [6.45, 7) is 0.684. The van der Waals surface area contributed by atoms with Gasteiger partial charge in [-0.1, -0.05) is 18.2 Å². The van der Waals surface area contributed by atoms with Crippen molar-refractivity contribution in [3.8, 4) is 11.5 Å². The number of carbonyl (C=O) groups is 3. The van der Waals surface area contributed by atoms with Gasteiger partial charge in [-0.3, -0.25) is 9.69 Å². The lowest BCUT2D eigenvalue weighted by atomic mass is 10.1. The highest BCUT2D eigenvalue weighted by molar-refractivity contribution is 7.21. The molecule has 3 N–H and O–H groups in total. The van der Waals surface area contributed by atoms with Gasteiger partial charge in [-0.05, 0) is 55.3 Å². The lowest BCUT2D eigenvalue weighted by molar-refractivity contribution is 0.0893. The zero-order valence-electron chi connectivity index (χ0n) is 20.1. The minimum absolute atomic E-state index is 0.231. The van der Waals surface area contributed by atoms with E-state index >= 15 is 0 Å². The summed E-state index contributed by atoms with van der Waals surface area (Å²) in [4.78, 5) is 46.2. The first-order valence-corrected chi connectivity index (χ1v) is 12.9. The number of benzene rings is 2. The number of carbonyl (C=O) groups excluding carboxylic acids is 2. The van der Waals surface area contributed by atoms with Crippen LogP contribution >= 0.6 is 11.3 Å². The molecule has 1 atom stereocenters. The third-order valence-electron chi connectivity index (χ3n) is 6.55. The predicted octanol–water partition coefficient (Wildman–Crippen LogP) is 5.64. The summed E-state index contributed by atoms with van der Waals surface area (Å²) in [6, 6.07) is 17.7. The lowest BCUT2D eigenvalue weighted by Crippen LogP contribution is -2.49. The monoisotopic (exact) mass is 529 g/mol. The van der Waals surface area contributed by atoms with Crippen LogP contribution < -0.4 is 20.3 Å².